The number of benzene rings is 2. The van der Waals surface area contributed by atoms with E-state index in [0.717, 1.165) is 37.0 Å². The van der Waals surface area contributed by atoms with Gasteiger partial charge in [0, 0.05) is 25.2 Å². The van der Waals surface area contributed by atoms with E-state index in [2.05, 4.69) is 9.62 Å². The van der Waals surface area contributed by atoms with Crippen LogP contribution >= 0.6 is 23.2 Å². The molecule has 1 aliphatic heterocycles. The van der Waals surface area contributed by atoms with Gasteiger partial charge in [-0.05, 0) is 68.2 Å². The Bertz CT molecular complexity index is 1050. The summed E-state index contributed by atoms with van der Waals surface area (Å²) < 4.78 is 25.9. The minimum absolute atomic E-state index is 0.165. The fourth-order valence-electron chi connectivity index (χ4n) is 3.63. The van der Waals surface area contributed by atoms with Gasteiger partial charge in [-0.15, -0.1) is 0 Å². The zero-order chi connectivity index (χ0) is 22.6. The number of nitrogens with one attached hydrogen (secondary N) is 1. The Kier molecular flexibility index (Phi) is 7.86. The molecule has 0 aliphatic carbocycles. The molecule has 31 heavy (non-hydrogen) atoms. The van der Waals surface area contributed by atoms with E-state index in [1.54, 1.807) is 42.2 Å². The number of sulfonamides is 1. The lowest BCUT2D eigenvalue weighted by atomic mass is 10.1. The van der Waals surface area contributed by atoms with E-state index in [0.29, 0.717) is 34.4 Å². The first-order valence-corrected chi connectivity index (χ1v) is 12.8. The van der Waals surface area contributed by atoms with Crippen molar-refractivity contribution in [3.63, 3.8) is 0 Å². The van der Waals surface area contributed by atoms with Gasteiger partial charge in [0.25, 0.3) is 5.91 Å². The first-order valence-electron chi connectivity index (χ1n) is 10.2. The summed E-state index contributed by atoms with van der Waals surface area (Å²) in [5.74, 6) is -0.165. The van der Waals surface area contributed by atoms with Gasteiger partial charge in [0.15, 0.2) is 0 Å². The van der Waals surface area contributed by atoms with Crippen molar-refractivity contribution in [2.45, 2.75) is 26.3 Å². The number of nitrogens with zero attached hydrogens (tertiary/aromatic N) is 2. The second-order valence-electron chi connectivity index (χ2n) is 7.93. The maximum atomic E-state index is 13.4. The summed E-state index contributed by atoms with van der Waals surface area (Å²) in [6.07, 6.45) is 3.45. The molecule has 1 heterocycles. The van der Waals surface area contributed by atoms with Crippen molar-refractivity contribution in [1.29, 1.82) is 0 Å². The summed E-state index contributed by atoms with van der Waals surface area (Å²) in [5.41, 5.74) is 2.46. The number of hydrogen-bond acceptors (Lipinski definition) is 4. The smallest absolute Gasteiger partial charge is 0.254 e. The van der Waals surface area contributed by atoms with E-state index in [4.69, 9.17) is 23.2 Å². The quantitative estimate of drug-likeness (QED) is 0.603. The second kappa shape index (κ2) is 10.2. The number of halogens is 2. The van der Waals surface area contributed by atoms with E-state index in [1.165, 1.54) is 12.8 Å². The molecule has 0 radical (unpaired) electrons. The van der Waals surface area contributed by atoms with Crippen LogP contribution in [0.25, 0.3) is 0 Å². The molecule has 0 unspecified atom stereocenters. The Morgan fingerprint density at radius 1 is 1.10 bits per heavy atom. The van der Waals surface area contributed by atoms with Crippen molar-refractivity contribution in [3.8, 4) is 0 Å². The lowest BCUT2D eigenvalue weighted by Crippen LogP contribution is -2.37. The molecular formula is C22H27Cl2N3O3S. The minimum atomic E-state index is -3.45. The van der Waals surface area contributed by atoms with Crippen LogP contribution in [0.4, 0.5) is 5.69 Å². The molecule has 3 rings (SSSR count). The van der Waals surface area contributed by atoms with E-state index >= 15 is 0 Å². The molecule has 6 nitrogen and oxygen atoms in total. The Balaban J connectivity index is 1.85. The number of rotatable bonds is 8. The molecule has 2 aromatic carbocycles. The Labute approximate surface area is 194 Å². The topological polar surface area (TPSA) is 69.7 Å². The molecule has 0 saturated carbocycles. The van der Waals surface area contributed by atoms with Crippen molar-refractivity contribution in [2.24, 2.45) is 0 Å². The Hall–Kier alpha value is -1.80. The summed E-state index contributed by atoms with van der Waals surface area (Å²) in [6, 6.07) is 10.4. The maximum absolute atomic E-state index is 13.4. The highest BCUT2D eigenvalue weighted by atomic mass is 35.5. The maximum Gasteiger partial charge on any atom is 0.254 e. The SMILES string of the molecule is Cc1ccc(C(=O)N(CCN2CCCC2)Cc2ccc(Cl)c(Cl)c2)cc1NS(C)(=O)=O. The highest BCUT2D eigenvalue weighted by molar-refractivity contribution is 7.92. The van der Waals surface area contributed by atoms with Gasteiger partial charge in [-0.25, -0.2) is 8.42 Å². The number of amides is 1. The second-order valence-corrected chi connectivity index (χ2v) is 10.5. The number of likely N-dealkylation sites (tertiary alicyclic amines) is 1. The highest BCUT2D eigenvalue weighted by Crippen LogP contribution is 2.24. The third-order valence-electron chi connectivity index (χ3n) is 5.31. The number of aryl methyl sites for hydroxylation is 1. The van der Waals surface area contributed by atoms with E-state index in [-0.39, 0.29) is 5.91 Å². The predicted molar refractivity (Wildman–Crippen MR) is 127 cm³/mol. The van der Waals surface area contributed by atoms with Crippen molar-refractivity contribution in [1.82, 2.24) is 9.80 Å². The largest absolute Gasteiger partial charge is 0.333 e. The molecule has 0 spiro atoms. The van der Waals surface area contributed by atoms with Crippen LogP contribution in [0.1, 0.15) is 34.3 Å². The van der Waals surface area contributed by atoms with Crippen LogP contribution in [0.15, 0.2) is 36.4 Å². The molecule has 2 aromatic rings. The Morgan fingerprint density at radius 3 is 2.45 bits per heavy atom. The number of carbonyl (C=O) groups is 1. The van der Waals surface area contributed by atoms with Crippen LogP contribution in [-0.4, -0.2) is 56.6 Å². The molecule has 0 bridgehead atoms. The molecule has 1 aliphatic rings. The molecule has 1 N–H and O–H groups in total. The summed E-state index contributed by atoms with van der Waals surface area (Å²) in [6.45, 7) is 5.60. The standard InChI is InChI=1S/C22H27Cl2N3O3S/c1-16-5-7-18(14-21(16)25-31(2,29)30)22(28)27(12-11-26-9-3-4-10-26)15-17-6-8-19(23)20(24)13-17/h5-8,13-14,25H,3-4,9-12,15H2,1-2H3. The average molecular weight is 484 g/mol. The first kappa shape index (κ1) is 23.9. The third kappa shape index (κ3) is 6.84. The molecule has 168 valence electrons. The molecule has 9 heteroatoms. The van der Waals surface area contributed by atoms with Gasteiger partial charge in [0.2, 0.25) is 10.0 Å². The predicted octanol–water partition coefficient (Wildman–Crippen LogP) is 4.41. The molecule has 1 amide bonds. The van der Waals surface area contributed by atoms with Crippen LogP contribution in [-0.2, 0) is 16.6 Å². The van der Waals surface area contributed by atoms with Crippen LogP contribution in [0, 0.1) is 6.92 Å². The Morgan fingerprint density at radius 2 is 1.81 bits per heavy atom. The lowest BCUT2D eigenvalue weighted by Gasteiger charge is -2.26. The van der Waals surface area contributed by atoms with Gasteiger partial charge < -0.3 is 9.80 Å². The van der Waals surface area contributed by atoms with Gasteiger partial charge in [0.1, 0.15) is 0 Å². The fourth-order valence-corrected chi connectivity index (χ4v) is 4.57. The summed E-state index contributed by atoms with van der Waals surface area (Å²) >= 11 is 12.2. The van der Waals surface area contributed by atoms with Crippen LogP contribution in [0.2, 0.25) is 10.0 Å². The van der Waals surface area contributed by atoms with Gasteiger partial charge in [-0.2, -0.15) is 0 Å². The van der Waals surface area contributed by atoms with Crippen molar-refractivity contribution < 1.29 is 13.2 Å². The zero-order valence-electron chi connectivity index (χ0n) is 17.7. The van der Waals surface area contributed by atoms with Crippen LogP contribution in [0.3, 0.4) is 0 Å². The molecular weight excluding hydrogens is 457 g/mol. The number of anilines is 1. The summed E-state index contributed by atoms with van der Waals surface area (Å²) in [7, 11) is -3.45. The van der Waals surface area contributed by atoms with E-state index in [9.17, 15) is 13.2 Å². The summed E-state index contributed by atoms with van der Waals surface area (Å²) in [4.78, 5) is 17.5. The molecule has 0 atom stereocenters. The minimum Gasteiger partial charge on any atom is -0.333 e. The zero-order valence-corrected chi connectivity index (χ0v) is 20.0. The van der Waals surface area contributed by atoms with Crippen LogP contribution < -0.4 is 4.72 Å². The first-order chi connectivity index (χ1) is 14.6. The average Bonchev–Trinajstić information content (AvgIpc) is 3.21. The van der Waals surface area contributed by atoms with E-state index < -0.39 is 10.0 Å². The van der Waals surface area contributed by atoms with Gasteiger partial charge >= 0.3 is 0 Å². The third-order valence-corrected chi connectivity index (χ3v) is 6.64. The highest BCUT2D eigenvalue weighted by Gasteiger charge is 2.20. The molecule has 0 aromatic heterocycles. The van der Waals surface area contributed by atoms with Crippen LogP contribution in [0.5, 0.6) is 0 Å². The number of hydrogen-bond donors (Lipinski definition) is 1. The van der Waals surface area contributed by atoms with Gasteiger partial charge in [-0.1, -0.05) is 35.3 Å². The monoisotopic (exact) mass is 483 g/mol. The lowest BCUT2D eigenvalue weighted by molar-refractivity contribution is 0.0727. The van der Waals surface area contributed by atoms with Gasteiger partial charge in [0.05, 0.1) is 22.0 Å². The van der Waals surface area contributed by atoms with Crippen molar-refractivity contribution in [3.05, 3.63) is 63.1 Å². The number of carbonyl (C=O) groups excluding carboxylic acids is 1. The molecule has 1 fully saturated rings. The van der Waals surface area contributed by atoms with Crippen molar-refractivity contribution in [2.75, 3.05) is 37.2 Å². The summed E-state index contributed by atoms with van der Waals surface area (Å²) in [5, 5.41) is 0.913. The fraction of sp³-hybridized carbons (Fsp3) is 0.409. The van der Waals surface area contributed by atoms with E-state index in [1.807, 2.05) is 6.07 Å². The van der Waals surface area contributed by atoms with Crippen molar-refractivity contribution >= 4 is 44.8 Å². The molecule has 1 saturated heterocycles. The normalized spacial score (nSPS) is 14.6. The van der Waals surface area contributed by atoms with Gasteiger partial charge in [-0.3, -0.25) is 9.52 Å².